The molecule has 0 aliphatic heterocycles. The summed E-state index contributed by atoms with van der Waals surface area (Å²) >= 11 is 1.41. The third kappa shape index (κ3) is 3.12. The number of nitrogens with two attached hydrogens (primary N) is 1. The average molecular weight is 332 g/mol. The van der Waals surface area contributed by atoms with Gasteiger partial charge in [0.25, 0.3) is 11.8 Å². The van der Waals surface area contributed by atoms with E-state index in [1.54, 1.807) is 0 Å². The number of fused-ring (bicyclic) bond motifs is 1. The highest BCUT2D eigenvalue weighted by molar-refractivity contribution is 7.17. The van der Waals surface area contributed by atoms with Gasteiger partial charge in [-0.25, -0.2) is 4.39 Å². The van der Waals surface area contributed by atoms with Gasteiger partial charge in [0.2, 0.25) is 0 Å². The zero-order valence-corrected chi connectivity index (χ0v) is 13.5. The van der Waals surface area contributed by atoms with Crippen LogP contribution in [0.3, 0.4) is 0 Å². The maximum atomic E-state index is 12.9. The van der Waals surface area contributed by atoms with Crippen LogP contribution in [0.25, 0.3) is 0 Å². The zero-order valence-electron chi connectivity index (χ0n) is 12.7. The minimum absolute atomic E-state index is 0.335. The largest absolute Gasteiger partial charge is 0.365 e. The normalized spacial score (nSPS) is 16.7. The van der Waals surface area contributed by atoms with Gasteiger partial charge in [-0.15, -0.1) is 11.3 Å². The fourth-order valence-electron chi connectivity index (χ4n) is 2.88. The molecule has 0 fully saturated rings. The molecule has 0 saturated carbocycles. The Balaban J connectivity index is 1.92. The smallest absolute Gasteiger partial charge is 0.256 e. The number of primary amides is 1. The van der Waals surface area contributed by atoms with Gasteiger partial charge in [0.1, 0.15) is 10.8 Å². The Hall–Kier alpha value is -2.21. The van der Waals surface area contributed by atoms with E-state index in [0.29, 0.717) is 22.0 Å². The van der Waals surface area contributed by atoms with Crippen LogP contribution in [0.15, 0.2) is 24.3 Å². The summed E-state index contributed by atoms with van der Waals surface area (Å²) in [5, 5.41) is 3.25. The summed E-state index contributed by atoms with van der Waals surface area (Å²) in [5.41, 5.74) is 7.26. The maximum absolute atomic E-state index is 12.9. The fraction of sp³-hybridized carbons (Fsp3) is 0.294. The Morgan fingerprint density at radius 2 is 2.00 bits per heavy atom. The third-order valence-electron chi connectivity index (χ3n) is 4.09. The first kappa shape index (κ1) is 15.7. The molecule has 0 bridgehead atoms. The summed E-state index contributed by atoms with van der Waals surface area (Å²) in [6.07, 6.45) is 2.77. The van der Waals surface area contributed by atoms with Crippen molar-refractivity contribution in [3.8, 4) is 0 Å². The van der Waals surface area contributed by atoms with Crippen LogP contribution in [0.1, 0.15) is 44.5 Å². The zero-order chi connectivity index (χ0) is 16.6. The first-order valence-electron chi connectivity index (χ1n) is 7.47. The Morgan fingerprint density at radius 3 is 2.65 bits per heavy atom. The quantitative estimate of drug-likeness (QED) is 0.904. The van der Waals surface area contributed by atoms with Crippen molar-refractivity contribution >= 4 is 28.2 Å². The van der Waals surface area contributed by atoms with Crippen molar-refractivity contribution in [1.82, 2.24) is 0 Å². The van der Waals surface area contributed by atoms with Crippen molar-refractivity contribution in [3.63, 3.8) is 0 Å². The highest BCUT2D eigenvalue weighted by atomic mass is 32.1. The lowest BCUT2D eigenvalue weighted by atomic mass is 9.87. The molecule has 1 aliphatic rings. The van der Waals surface area contributed by atoms with E-state index in [4.69, 9.17) is 5.73 Å². The van der Waals surface area contributed by atoms with Crippen LogP contribution >= 0.6 is 11.3 Å². The summed E-state index contributed by atoms with van der Waals surface area (Å²) in [4.78, 5) is 25.3. The number of anilines is 1. The number of nitrogens with one attached hydrogen (secondary N) is 1. The van der Waals surface area contributed by atoms with E-state index in [-0.39, 0.29) is 5.91 Å². The standard InChI is InChI=1S/C17H17FN2O2S/c1-9-2-7-13-12(8-9)14(15(19)21)17(23-13)20-16(22)10-3-5-11(18)6-4-10/h3-6,9H,2,7-8H2,1H3,(H2,19,21)(H,20,22)/t9-/m1/s1. The van der Waals surface area contributed by atoms with Crippen molar-refractivity contribution in [3.05, 3.63) is 51.7 Å². The molecule has 0 spiro atoms. The van der Waals surface area contributed by atoms with E-state index in [2.05, 4.69) is 12.2 Å². The number of carbonyl (C=O) groups is 2. The van der Waals surface area contributed by atoms with Crippen LogP contribution in [0, 0.1) is 11.7 Å². The lowest BCUT2D eigenvalue weighted by molar-refractivity contribution is 0.1000. The lowest BCUT2D eigenvalue weighted by Gasteiger charge is -2.18. The van der Waals surface area contributed by atoms with E-state index in [0.717, 1.165) is 29.7 Å². The Bertz CT molecular complexity index is 768. The molecule has 1 heterocycles. The van der Waals surface area contributed by atoms with Crippen molar-refractivity contribution < 1.29 is 14.0 Å². The van der Waals surface area contributed by atoms with Gasteiger partial charge in [-0.2, -0.15) is 0 Å². The Kier molecular flexibility index (Phi) is 4.17. The SMILES string of the molecule is C[C@@H]1CCc2sc(NC(=O)c3ccc(F)cc3)c(C(N)=O)c2C1. The van der Waals surface area contributed by atoms with Gasteiger partial charge in [0.15, 0.2) is 0 Å². The Labute approximate surface area is 137 Å². The van der Waals surface area contributed by atoms with E-state index in [1.165, 1.54) is 35.6 Å². The maximum Gasteiger partial charge on any atom is 0.256 e. The third-order valence-corrected chi connectivity index (χ3v) is 5.29. The summed E-state index contributed by atoms with van der Waals surface area (Å²) < 4.78 is 12.9. The summed E-state index contributed by atoms with van der Waals surface area (Å²) in [6.45, 7) is 2.14. The molecule has 0 saturated heterocycles. The molecule has 0 radical (unpaired) electrons. The lowest BCUT2D eigenvalue weighted by Crippen LogP contribution is -2.19. The van der Waals surface area contributed by atoms with Gasteiger partial charge >= 0.3 is 0 Å². The second-order valence-corrected chi connectivity index (χ2v) is 6.99. The molecule has 3 N–H and O–H groups in total. The number of carbonyl (C=O) groups excluding carboxylic acids is 2. The van der Waals surface area contributed by atoms with E-state index in [9.17, 15) is 14.0 Å². The van der Waals surface area contributed by atoms with Crippen LogP contribution in [-0.2, 0) is 12.8 Å². The molecule has 1 aromatic carbocycles. The van der Waals surface area contributed by atoms with Gasteiger partial charge < -0.3 is 11.1 Å². The molecule has 3 rings (SSSR count). The molecule has 1 aliphatic carbocycles. The molecule has 2 amide bonds. The van der Waals surface area contributed by atoms with Crippen molar-refractivity contribution in [1.29, 1.82) is 0 Å². The fourth-order valence-corrected chi connectivity index (χ4v) is 4.13. The van der Waals surface area contributed by atoms with E-state index < -0.39 is 11.7 Å². The van der Waals surface area contributed by atoms with E-state index >= 15 is 0 Å². The number of aryl methyl sites for hydroxylation is 1. The monoisotopic (exact) mass is 332 g/mol. The molecule has 1 aromatic heterocycles. The highest BCUT2D eigenvalue weighted by Crippen LogP contribution is 2.39. The number of amides is 2. The summed E-state index contributed by atoms with van der Waals surface area (Å²) in [7, 11) is 0. The van der Waals surface area contributed by atoms with Gasteiger partial charge in [-0.3, -0.25) is 9.59 Å². The van der Waals surface area contributed by atoms with Crippen LogP contribution in [0.2, 0.25) is 0 Å². The predicted octanol–water partition coefficient (Wildman–Crippen LogP) is 3.36. The molecule has 0 unspecified atom stereocenters. The van der Waals surface area contributed by atoms with Crippen molar-refractivity contribution in [2.24, 2.45) is 11.7 Å². The Morgan fingerprint density at radius 1 is 1.30 bits per heavy atom. The van der Waals surface area contributed by atoms with Gasteiger partial charge in [-0.05, 0) is 55.0 Å². The van der Waals surface area contributed by atoms with Crippen LogP contribution in [0.4, 0.5) is 9.39 Å². The van der Waals surface area contributed by atoms with Gasteiger partial charge in [0, 0.05) is 10.4 Å². The minimum atomic E-state index is -0.522. The highest BCUT2D eigenvalue weighted by Gasteiger charge is 2.27. The number of halogens is 1. The molecule has 1 atom stereocenters. The predicted molar refractivity (Wildman–Crippen MR) is 88.4 cm³/mol. The number of benzene rings is 1. The average Bonchev–Trinajstić information content (AvgIpc) is 2.84. The van der Waals surface area contributed by atoms with Crippen molar-refractivity contribution in [2.45, 2.75) is 26.2 Å². The molecule has 2 aromatic rings. The second-order valence-electron chi connectivity index (χ2n) is 5.88. The number of hydrogen-bond acceptors (Lipinski definition) is 3. The molecule has 23 heavy (non-hydrogen) atoms. The van der Waals surface area contributed by atoms with Gasteiger partial charge in [0.05, 0.1) is 5.56 Å². The topological polar surface area (TPSA) is 72.2 Å². The number of rotatable bonds is 3. The van der Waals surface area contributed by atoms with E-state index in [1.807, 2.05) is 0 Å². The summed E-state index contributed by atoms with van der Waals surface area (Å²) in [6, 6.07) is 5.27. The summed E-state index contributed by atoms with van der Waals surface area (Å²) in [5.74, 6) is -0.805. The second kappa shape index (κ2) is 6.12. The first-order chi connectivity index (χ1) is 11.0. The van der Waals surface area contributed by atoms with Crippen LogP contribution in [0.5, 0.6) is 0 Å². The molecule has 120 valence electrons. The molecular weight excluding hydrogens is 315 g/mol. The molecule has 4 nitrogen and oxygen atoms in total. The van der Waals surface area contributed by atoms with Crippen LogP contribution < -0.4 is 11.1 Å². The number of thiophene rings is 1. The van der Waals surface area contributed by atoms with Gasteiger partial charge in [-0.1, -0.05) is 6.92 Å². The van der Waals surface area contributed by atoms with Crippen LogP contribution in [-0.4, -0.2) is 11.8 Å². The molecular formula is C17H17FN2O2S. The number of hydrogen-bond donors (Lipinski definition) is 2. The van der Waals surface area contributed by atoms with Crippen molar-refractivity contribution in [2.75, 3.05) is 5.32 Å². The molecule has 6 heteroatoms. The first-order valence-corrected chi connectivity index (χ1v) is 8.28. The minimum Gasteiger partial charge on any atom is -0.365 e.